The van der Waals surface area contributed by atoms with Crippen molar-refractivity contribution >= 4 is 22.6 Å². The van der Waals surface area contributed by atoms with Crippen LogP contribution in [0, 0.1) is 5.92 Å². The summed E-state index contributed by atoms with van der Waals surface area (Å²) >= 11 is 0. The molecule has 29 heavy (non-hydrogen) atoms. The number of benzene rings is 1. The number of fused-ring (bicyclic) bond motifs is 1. The third-order valence-electron chi connectivity index (χ3n) is 5.91. The van der Waals surface area contributed by atoms with E-state index in [9.17, 15) is 4.79 Å². The number of piperidine rings is 1. The molecule has 8 nitrogen and oxygen atoms in total. The van der Waals surface area contributed by atoms with E-state index in [0.29, 0.717) is 11.9 Å². The fourth-order valence-electron chi connectivity index (χ4n) is 4.05. The van der Waals surface area contributed by atoms with Crippen LogP contribution in [0.4, 0.5) is 5.82 Å². The predicted octanol–water partition coefficient (Wildman–Crippen LogP) is 2.08. The van der Waals surface area contributed by atoms with Gasteiger partial charge in [0.1, 0.15) is 0 Å². The number of ether oxygens (including phenoxy) is 1. The van der Waals surface area contributed by atoms with Gasteiger partial charge in [-0.05, 0) is 49.7 Å². The Bertz CT molecular complexity index is 1040. The number of amides is 1. The summed E-state index contributed by atoms with van der Waals surface area (Å²) in [6.45, 7) is 3.54. The van der Waals surface area contributed by atoms with Crippen LogP contribution in [0.5, 0.6) is 0 Å². The number of anilines is 1. The van der Waals surface area contributed by atoms with Crippen LogP contribution >= 0.6 is 0 Å². The van der Waals surface area contributed by atoms with E-state index in [1.165, 1.54) is 0 Å². The summed E-state index contributed by atoms with van der Waals surface area (Å²) in [4.78, 5) is 15.2. The normalized spacial score (nSPS) is 18.7. The Morgan fingerprint density at radius 3 is 2.66 bits per heavy atom. The van der Waals surface area contributed by atoms with Gasteiger partial charge in [-0.3, -0.25) is 14.4 Å². The highest BCUT2D eigenvalue weighted by Crippen LogP contribution is 2.25. The van der Waals surface area contributed by atoms with E-state index in [-0.39, 0.29) is 11.8 Å². The zero-order valence-corrected chi connectivity index (χ0v) is 16.4. The average Bonchev–Trinajstić information content (AvgIpc) is 3.13. The van der Waals surface area contributed by atoms with Gasteiger partial charge in [0.05, 0.1) is 31.0 Å². The number of aryl methyl sites for hydroxylation is 1. The van der Waals surface area contributed by atoms with E-state index in [4.69, 9.17) is 4.74 Å². The molecule has 2 saturated heterocycles. The molecule has 0 aliphatic carbocycles. The molecule has 0 bridgehead atoms. The summed E-state index contributed by atoms with van der Waals surface area (Å²) in [6.07, 6.45) is 5.55. The van der Waals surface area contributed by atoms with E-state index in [0.717, 1.165) is 61.2 Å². The van der Waals surface area contributed by atoms with Crippen molar-refractivity contribution < 1.29 is 9.53 Å². The van der Waals surface area contributed by atoms with Crippen LogP contribution in [0.2, 0.25) is 0 Å². The minimum atomic E-state index is 0.0199. The van der Waals surface area contributed by atoms with Gasteiger partial charge >= 0.3 is 0 Å². The molecule has 1 aromatic carbocycles. The molecule has 8 heteroatoms. The zero-order chi connectivity index (χ0) is 19.8. The highest BCUT2D eigenvalue weighted by molar-refractivity contribution is 5.94. The maximum Gasteiger partial charge on any atom is 0.228 e. The molecule has 1 N–H and O–H groups in total. The zero-order valence-electron chi connectivity index (χ0n) is 16.4. The molecular weight excluding hydrogens is 368 g/mol. The van der Waals surface area contributed by atoms with E-state index >= 15 is 0 Å². The maximum atomic E-state index is 12.7. The molecule has 3 aromatic rings. The molecule has 0 unspecified atom stereocenters. The van der Waals surface area contributed by atoms with Gasteiger partial charge in [0.25, 0.3) is 0 Å². The Hall–Kier alpha value is -2.84. The Morgan fingerprint density at radius 2 is 1.97 bits per heavy atom. The highest BCUT2D eigenvalue weighted by Gasteiger charge is 2.32. The molecule has 150 valence electrons. The van der Waals surface area contributed by atoms with Crippen molar-refractivity contribution in [2.45, 2.75) is 18.9 Å². The molecule has 2 aliphatic heterocycles. The number of likely N-dealkylation sites (tertiary alicyclic amines) is 1. The van der Waals surface area contributed by atoms with Gasteiger partial charge in [-0.25, -0.2) is 0 Å². The summed E-state index contributed by atoms with van der Waals surface area (Å²) in [7, 11) is 1.90. The van der Waals surface area contributed by atoms with Crippen molar-refractivity contribution in [2.75, 3.05) is 31.6 Å². The van der Waals surface area contributed by atoms with Crippen LogP contribution in [0.15, 0.2) is 36.7 Å². The first-order chi connectivity index (χ1) is 14.2. The molecule has 1 amide bonds. The first kappa shape index (κ1) is 18.2. The van der Waals surface area contributed by atoms with Crippen molar-refractivity contribution in [1.82, 2.24) is 24.9 Å². The Kier molecular flexibility index (Phi) is 4.73. The lowest BCUT2D eigenvalue weighted by Crippen LogP contribution is -2.52. The molecule has 0 atom stereocenters. The van der Waals surface area contributed by atoms with Gasteiger partial charge < -0.3 is 10.1 Å². The van der Waals surface area contributed by atoms with E-state index in [1.54, 1.807) is 4.68 Å². The first-order valence-corrected chi connectivity index (χ1v) is 10.0. The summed E-state index contributed by atoms with van der Waals surface area (Å²) in [5, 5.41) is 16.6. The maximum absolute atomic E-state index is 12.7. The SMILES string of the molecule is Cn1cc(-c2ccc3nnc(NC(=O)C4CCN(C5COC5)CC4)cc3c2)cn1. The Morgan fingerprint density at radius 1 is 1.14 bits per heavy atom. The van der Waals surface area contributed by atoms with Gasteiger partial charge in [0.15, 0.2) is 5.82 Å². The summed E-state index contributed by atoms with van der Waals surface area (Å²) < 4.78 is 7.05. The fourth-order valence-corrected chi connectivity index (χ4v) is 4.05. The number of carbonyl (C=O) groups is 1. The lowest BCUT2D eigenvalue weighted by molar-refractivity contribution is -0.123. The van der Waals surface area contributed by atoms with Gasteiger partial charge in [-0.15, -0.1) is 10.2 Å². The van der Waals surface area contributed by atoms with Crippen LogP contribution in [0.1, 0.15) is 12.8 Å². The molecule has 0 saturated carbocycles. The second-order valence-electron chi connectivity index (χ2n) is 7.90. The van der Waals surface area contributed by atoms with Gasteiger partial charge in [0, 0.05) is 30.1 Å². The smallest absolute Gasteiger partial charge is 0.228 e. The standard InChI is InChI=1S/C21H24N6O2/c1-26-11-17(10-22-26)15-2-3-19-16(8-15)9-20(25-24-19)23-21(28)14-4-6-27(7-5-14)18-12-29-13-18/h2-3,8-11,14,18H,4-7,12-13H2,1H3,(H,23,25,28). The van der Waals surface area contributed by atoms with Crippen LogP contribution in [0.25, 0.3) is 22.0 Å². The molecular formula is C21H24N6O2. The van der Waals surface area contributed by atoms with E-state index < -0.39 is 0 Å². The third kappa shape index (κ3) is 3.73. The van der Waals surface area contributed by atoms with Crippen molar-refractivity contribution in [3.63, 3.8) is 0 Å². The van der Waals surface area contributed by atoms with Crippen LogP contribution in [0.3, 0.4) is 0 Å². The topological polar surface area (TPSA) is 85.2 Å². The van der Waals surface area contributed by atoms with E-state index in [2.05, 4.69) is 31.6 Å². The second-order valence-corrected chi connectivity index (χ2v) is 7.90. The summed E-state index contributed by atoms with van der Waals surface area (Å²) in [5.41, 5.74) is 2.90. The average molecular weight is 392 g/mol. The van der Waals surface area contributed by atoms with Crippen LogP contribution in [-0.2, 0) is 16.6 Å². The molecule has 0 spiro atoms. The Labute approximate surface area is 168 Å². The highest BCUT2D eigenvalue weighted by atomic mass is 16.5. The first-order valence-electron chi connectivity index (χ1n) is 10.0. The molecule has 2 fully saturated rings. The molecule has 2 aromatic heterocycles. The van der Waals surface area contributed by atoms with Crippen molar-refractivity contribution in [3.8, 4) is 11.1 Å². The lowest BCUT2D eigenvalue weighted by atomic mass is 9.94. The second kappa shape index (κ2) is 7.53. The van der Waals surface area contributed by atoms with Crippen molar-refractivity contribution in [1.29, 1.82) is 0 Å². The van der Waals surface area contributed by atoms with Crippen molar-refractivity contribution in [2.24, 2.45) is 13.0 Å². The van der Waals surface area contributed by atoms with Gasteiger partial charge in [0.2, 0.25) is 5.91 Å². The number of nitrogens with one attached hydrogen (secondary N) is 1. The largest absolute Gasteiger partial charge is 0.378 e. The monoisotopic (exact) mass is 392 g/mol. The number of hydrogen-bond acceptors (Lipinski definition) is 6. The minimum Gasteiger partial charge on any atom is -0.378 e. The molecule has 2 aliphatic rings. The number of rotatable bonds is 4. The number of carbonyl (C=O) groups excluding carboxylic acids is 1. The minimum absolute atomic E-state index is 0.0199. The lowest BCUT2D eigenvalue weighted by Gasteiger charge is -2.41. The third-order valence-corrected chi connectivity index (χ3v) is 5.91. The molecule has 0 radical (unpaired) electrons. The van der Waals surface area contributed by atoms with Crippen LogP contribution in [-0.4, -0.2) is 63.1 Å². The quantitative estimate of drug-likeness (QED) is 0.732. The summed E-state index contributed by atoms with van der Waals surface area (Å²) in [6, 6.07) is 8.43. The molecule has 5 rings (SSSR count). The number of aromatic nitrogens is 4. The number of hydrogen-bond donors (Lipinski definition) is 1. The predicted molar refractivity (Wildman–Crippen MR) is 109 cm³/mol. The fraction of sp³-hybridized carbons (Fsp3) is 0.429. The van der Waals surface area contributed by atoms with Crippen LogP contribution < -0.4 is 5.32 Å². The van der Waals surface area contributed by atoms with Gasteiger partial charge in [-0.1, -0.05) is 6.07 Å². The number of nitrogens with zero attached hydrogens (tertiary/aromatic N) is 5. The van der Waals surface area contributed by atoms with Gasteiger partial charge in [-0.2, -0.15) is 5.10 Å². The van der Waals surface area contributed by atoms with E-state index in [1.807, 2.05) is 37.6 Å². The summed E-state index contributed by atoms with van der Waals surface area (Å²) in [5.74, 6) is 0.554. The Balaban J connectivity index is 1.28. The molecule has 4 heterocycles. The van der Waals surface area contributed by atoms with Crippen molar-refractivity contribution in [3.05, 3.63) is 36.7 Å².